The first kappa shape index (κ1) is 20.3. The van der Waals surface area contributed by atoms with E-state index in [9.17, 15) is 24.3 Å². The Hall–Kier alpha value is -1.46. The summed E-state index contributed by atoms with van der Waals surface area (Å²) in [4.78, 5) is 48.0. The molecule has 3 aliphatic heterocycles. The zero-order valence-corrected chi connectivity index (χ0v) is 17.1. The van der Waals surface area contributed by atoms with Crippen LogP contribution < -0.4 is 5.32 Å². The maximum Gasteiger partial charge on any atom is 0.378 e. The van der Waals surface area contributed by atoms with Crippen molar-refractivity contribution in [2.75, 3.05) is 17.4 Å². The third-order valence-electron chi connectivity index (χ3n) is 4.35. The number of carbonyl (C=O) groups is 4. The van der Waals surface area contributed by atoms with Crippen molar-refractivity contribution < 1.29 is 29.0 Å². The fraction of sp³-hybridized carbons (Fsp3) is 0.562. The molecular formula is C16H20N2O6S3. The zero-order chi connectivity index (χ0) is 19.6. The van der Waals surface area contributed by atoms with Crippen LogP contribution in [0, 0.1) is 0 Å². The smallest absolute Gasteiger partial charge is 0.378 e. The summed E-state index contributed by atoms with van der Waals surface area (Å²) in [7, 11) is -1.44. The molecule has 1 saturated heterocycles. The SMILES string of the molecule is CC(=O)OCC1=S(C(=O)O)N2C(=O)C(NC(=O)CC3=CSCSC3)C2CC1. The van der Waals surface area contributed by atoms with Crippen LogP contribution >= 0.6 is 34.2 Å². The van der Waals surface area contributed by atoms with Gasteiger partial charge in [0, 0.05) is 39.7 Å². The van der Waals surface area contributed by atoms with Crippen LogP contribution in [0.4, 0.5) is 4.79 Å². The number of carbonyl (C=O) groups excluding carboxylic acids is 3. The predicted molar refractivity (Wildman–Crippen MR) is 107 cm³/mol. The normalized spacial score (nSPS) is 27.2. The number of fused-ring (bicyclic) bond motifs is 1. The number of carboxylic acid groups (broad SMARTS) is 1. The van der Waals surface area contributed by atoms with Crippen molar-refractivity contribution in [2.24, 2.45) is 0 Å². The number of esters is 1. The highest BCUT2D eigenvalue weighted by Gasteiger charge is 2.53. The number of hydrogen-bond donors (Lipinski definition) is 2. The van der Waals surface area contributed by atoms with Crippen molar-refractivity contribution in [3.8, 4) is 0 Å². The Morgan fingerprint density at radius 3 is 2.85 bits per heavy atom. The van der Waals surface area contributed by atoms with E-state index in [0.29, 0.717) is 17.7 Å². The lowest BCUT2D eigenvalue weighted by atomic mass is 9.93. The highest BCUT2D eigenvalue weighted by molar-refractivity contribution is 8.26. The summed E-state index contributed by atoms with van der Waals surface area (Å²) < 4.78 is 6.25. The molecule has 1 fully saturated rings. The molecule has 8 nitrogen and oxygen atoms in total. The summed E-state index contributed by atoms with van der Waals surface area (Å²) in [5.74, 6) is -0.286. The second kappa shape index (κ2) is 8.70. The number of β-lactam (4-membered cyclic amide) rings is 1. The molecule has 3 aliphatic rings. The van der Waals surface area contributed by atoms with Gasteiger partial charge in [-0.2, -0.15) is 0 Å². The second-order valence-corrected chi connectivity index (χ2v) is 10.4. The quantitative estimate of drug-likeness (QED) is 0.384. The second-order valence-electron chi connectivity index (χ2n) is 6.27. The first-order valence-corrected chi connectivity index (χ1v) is 11.7. The van der Waals surface area contributed by atoms with Crippen LogP contribution in [0.2, 0.25) is 0 Å². The Morgan fingerprint density at radius 1 is 1.44 bits per heavy atom. The van der Waals surface area contributed by atoms with Crippen LogP contribution in [-0.2, 0) is 19.1 Å². The average molecular weight is 433 g/mol. The number of nitrogens with one attached hydrogen (secondary N) is 1. The third-order valence-corrected chi connectivity index (χ3v) is 8.68. The number of rotatable bonds is 5. The molecule has 3 heterocycles. The van der Waals surface area contributed by atoms with Gasteiger partial charge in [-0.1, -0.05) is 0 Å². The molecule has 3 unspecified atom stereocenters. The van der Waals surface area contributed by atoms with Gasteiger partial charge in [-0.3, -0.25) is 18.7 Å². The van der Waals surface area contributed by atoms with Crippen molar-refractivity contribution in [1.29, 1.82) is 0 Å². The van der Waals surface area contributed by atoms with Crippen molar-refractivity contribution in [1.82, 2.24) is 9.62 Å². The standard InChI is InChI=1S/C16H20N2O6S3/c1-9(19)24-5-11-2-3-12-14(15(21)18(12)27(11)16(22)23)17-13(20)4-10-6-25-8-26-7-10/h6,12,14H,2-5,7-8H2,1H3,(H,17,20)(H,22,23). The number of amides is 2. The van der Waals surface area contributed by atoms with Crippen LogP contribution in [0.1, 0.15) is 26.2 Å². The Balaban J connectivity index is 1.66. The fourth-order valence-corrected chi connectivity index (χ4v) is 7.09. The Labute approximate surface area is 167 Å². The largest absolute Gasteiger partial charge is 0.472 e. The zero-order valence-electron chi connectivity index (χ0n) is 14.6. The minimum atomic E-state index is -1.44. The maximum atomic E-state index is 12.5. The van der Waals surface area contributed by atoms with Crippen LogP contribution in [-0.4, -0.2) is 66.9 Å². The molecule has 11 heteroatoms. The van der Waals surface area contributed by atoms with Crippen molar-refractivity contribution in [3.63, 3.8) is 0 Å². The molecule has 0 radical (unpaired) electrons. The van der Waals surface area contributed by atoms with Gasteiger partial charge in [0.05, 0.1) is 6.04 Å². The Kier molecular flexibility index (Phi) is 6.53. The molecule has 0 saturated carbocycles. The molecule has 2 amide bonds. The summed E-state index contributed by atoms with van der Waals surface area (Å²) in [5, 5.41) is 14.2. The lowest BCUT2D eigenvalue weighted by Crippen LogP contribution is -2.70. The molecule has 0 aromatic heterocycles. The number of nitrogens with zero attached hydrogens (tertiary/aromatic N) is 1. The summed E-state index contributed by atoms with van der Waals surface area (Å²) in [6, 6.07) is -1.00. The molecule has 0 spiro atoms. The topological polar surface area (TPSA) is 113 Å². The van der Waals surface area contributed by atoms with E-state index in [-0.39, 0.29) is 30.9 Å². The summed E-state index contributed by atoms with van der Waals surface area (Å²) in [6.45, 7) is 1.16. The predicted octanol–water partition coefficient (Wildman–Crippen LogP) is 1.78. The molecule has 2 N–H and O–H groups in total. The minimum Gasteiger partial charge on any atom is -0.472 e. The third kappa shape index (κ3) is 4.52. The van der Waals surface area contributed by atoms with Crippen LogP contribution in [0.15, 0.2) is 11.0 Å². The van der Waals surface area contributed by atoms with E-state index in [1.807, 2.05) is 5.41 Å². The molecule has 3 atom stereocenters. The van der Waals surface area contributed by atoms with Gasteiger partial charge in [0.2, 0.25) is 5.91 Å². The van der Waals surface area contributed by atoms with Gasteiger partial charge in [-0.25, -0.2) is 4.79 Å². The van der Waals surface area contributed by atoms with Gasteiger partial charge >= 0.3 is 11.3 Å². The average Bonchev–Trinajstić information content (AvgIpc) is 2.64. The Bertz CT molecular complexity index is 750. The lowest BCUT2D eigenvalue weighted by molar-refractivity contribution is -0.144. The van der Waals surface area contributed by atoms with Gasteiger partial charge in [0.25, 0.3) is 5.91 Å². The van der Waals surface area contributed by atoms with Gasteiger partial charge < -0.3 is 15.2 Å². The van der Waals surface area contributed by atoms with E-state index < -0.39 is 28.0 Å². The highest BCUT2D eigenvalue weighted by Crippen LogP contribution is 2.42. The summed E-state index contributed by atoms with van der Waals surface area (Å²) >= 11 is 3.41. The van der Waals surface area contributed by atoms with Crippen molar-refractivity contribution >= 4 is 62.1 Å². The summed E-state index contributed by atoms with van der Waals surface area (Å²) in [5.41, 5.74) is 1.03. The molecule has 0 aromatic carbocycles. The number of ether oxygens (including phenoxy) is 1. The van der Waals surface area contributed by atoms with Crippen LogP contribution in [0.5, 0.6) is 0 Å². The minimum absolute atomic E-state index is 0.0955. The molecule has 27 heavy (non-hydrogen) atoms. The van der Waals surface area contributed by atoms with Crippen LogP contribution in [0.25, 0.3) is 0 Å². The van der Waals surface area contributed by atoms with Gasteiger partial charge in [0.15, 0.2) is 0 Å². The summed E-state index contributed by atoms with van der Waals surface area (Å²) in [6.07, 6.45) is 1.24. The van der Waals surface area contributed by atoms with Gasteiger partial charge in [0.1, 0.15) is 12.6 Å². The molecule has 0 aromatic rings. The monoisotopic (exact) mass is 432 g/mol. The Morgan fingerprint density at radius 2 is 2.22 bits per heavy atom. The fourth-order valence-electron chi connectivity index (χ4n) is 3.18. The first-order chi connectivity index (χ1) is 12.9. The van der Waals surface area contributed by atoms with Crippen molar-refractivity contribution in [3.05, 3.63) is 11.0 Å². The number of hydrogen-bond acceptors (Lipinski definition) is 7. The van der Waals surface area contributed by atoms with E-state index >= 15 is 0 Å². The first-order valence-electron chi connectivity index (χ1n) is 8.33. The molecule has 0 aliphatic carbocycles. The van der Waals surface area contributed by atoms with Crippen molar-refractivity contribution in [2.45, 2.75) is 38.3 Å². The molecule has 0 bridgehead atoms. The van der Waals surface area contributed by atoms with Gasteiger partial charge in [-0.15, -0.1) is 23.5 Å². The molecule has 3 rings (SSSR count). The van der Waals surface area contributed by atoms with E-state index in [2.05, 4.69) is 5.32 Å². The molecule has 148 valence electrons. The highest BCUT2D eigenvalue weighted by atomic mass is 32.2. The lowest BCUT2D eigenvalue weighted by Gasteiger charge is -2.50. The van der Waals surface area contributed by atoms with E-state index in [0.717, 1.165) is 16.4 Å². The number of thioether (sulfide) groups is 2. The maximum absolute atomic E-state index is 12.5. The molecular weight excluding hydrogens is 412 g/mol. The van der Waals surface area contributed by atoms with Gasteiger partial charge in [-0.05, 0) is 23.8 Å². The van der Waals surface area contributed by atoms with E-state index in [4.69, 9.17) is 4.74 Å². The van der Waals surface area contributed by atoms with Crippen LogP contribution in [0.3, 0.4) is 0 Å². The van der Waals surface area contributed by atoms with E-state index in [1.165, 1.54) is 11.2 Å². The van der Waals surface area contributed by atoms with E-state index in [1.54, 1.807) is 23.5 Å².